The fourth-order valence-corrected chi connectivity index (χ4v) is 1.38. The van der Waals surface area contributed by atoms with Crippen LogP contribution in [0, 0.1) is 0 Å². The van der Waals surface area contributed by atoms with Gasteiger partial charge in [-0.1, -0.05) is 6.08 Å². The van der Waals surface area contributed by atoms with Crippen molar-refractivity contribution >= 4 is 5.91 Å². The molecule has 3 heteroatoms. The van der Waals surface area contributed by atoms with Gasteiger partial charge >= 0.3 is 0 Å². The van der Waals surface area contributed by atoms with Crippen LogP contribution < -0.4 is 5.32 Å². The summed E-state index contributed by atoms with van der Waals surface area (Å²) in [6.07, 6.45) is 3.41. The van der Waals surface area contributed by atoms with E-state index in [-0.39, 0.29) is 5.91 Å². The summed E-state index contributed by atoms with van der Waals surface area (Å²) in [6, 6.07) is 0.424. The van der Waals surface area contributed by atoms with E-state index in [2.05, 4.69) is 12.2 Å². The number of hydrogen-bond donors (Lipinski definition) is 1. The van der Waals surface area contributed by atoms with Crippen molar-refractivity contribution in [2.24, 2.45) is 0 Å². The van der Waals surface area contributed by atoms with Gasteiger partial charge in [-0.05, 0) is 19.9 Å². The van der Waals surface area contributed by atoms with E-state index in [1.54, 1.807) is 12.2 Å². The molecule has 3 nitrogen and oxygen atoms in total. The predicted octanol–water partition coefficient (Wildman–Crippen LogP) is 0.383. The zero-order chi connectivity index (χ0) is 8.97. The van der Waals surface area contributed by atoms with Crippen molar-refractivity contribution in [2.75, 3.05) is 19.6 Å². The summed E-state index contributed by atoms with van der Waals surface area (Å²) in [5.74, 6) is 0.130. The van der Waals surface area contributed by atoms with E-state index < -0.39 is 0 Å². The molecule has 0 aromatic carbocycles. The molecule has 0 radical (unpaired) electrons. The maximum atomic E-state index is 11.4. The highest BCUT2D eigenvalue weighted by Gasteiger charge is 2.17. The number of nitrogens with one attached hydrogen (secondary N) is 1. The van der Waals surface area contributed by atoms with E-state index >= 15 is 0 Å². The first-order chi connectivity index (χ1) is 5.74. The Labute approximate surface area is 73.4 Å². The van der Waals surface area contributed by atoms with Gasteiger partial charge in [0.25, 0.3) is 0 Å². The van der Waals surface area contributed by atoms with Gasteiger partial charge in [-0.2, -0.15) is 0 Å². The van der Waals surface area contributed by atoms with Crippen LogP contribution in [-0.2, 0) is 4.79 Å². The Morgan fingerprint density at radius 1 is 1.67 bits per heavy atom. The largest absolute Gasteiger partial charge is 0.336 e. The van der Waals surface area contributed by atoms with E-state index in [9.17, 15) is 4.79 Å². The molecule has 0 aromatic heterocycles. The first kappa shape index (κ1) is 9.26. The first-order valence-electron chi connectivity index (χ1n) is 4.39. The normalized spacial score (nSPS) is 24.8. The molecule has 68 valence electrons. The van der Waals surface area contributed by atoms with Crippen LogP contribution in [0.2, 0.25) is 0 Å². The molecule has 0 saturated carbocycles. The molecule has 0 aromatic rings. The maximum Gasteiger partial charge on any atom is 0.246 e. The highest BCUT2D eigenvalue weighted by molar-refractivity contribution is 5.87. The summed E-state index contributed by atoms with van der Waals surface area (Å²) in [5.41, 5.74) is 0. The van der Waals surface area contributed by atoms with Crippen LogP contribution in [0.1, 0.15) is 13.8 Å². The van der Waals surface area contributed by atoms with Gasteiger partial charge in [0.2, 0.25) is 5.91 Å². The fraction of sp³-hybridized carbons (Fsp3) is 0.667. The van der Waals surface area contributed by atoms with Crippen molar-refractivity contribution < 1.29 is 4.79 Å². The molecule has 0 spiro atoms. The van der Waals surface area contributed by atoms with Crippen LogP contribution in [0.5, 0.6) is 0 Å². The molecule has 1 atom stereocenters. The Bertz CT molecular complexity index is 189. The van der Waals surface area contributed by atoms with Crippen molar-refractivity contribution in [3.8, 4) is 0 Å². The Balaban J connectivity index is 2.45. The van der Waals surface area contributed by atoms with Crippen LogP contribution >= 0.6 is 0 Å². The summed E-state index contributed by atoms with van der Waals surface area (Å²) in [7, 11) is 0. The molecule has 1 amide bonds. The van der Waals surface area contributed by atoms with Gasteiger partial charge in [0.15, 0.2) is 0 Å². The summed E-state index contributed by atoms with van der Waals surface area (Å²) in [6.45, 7) is 6.51. The summed E-state index contributed by atoms with van der Waals surface area (Å²) in [4.78, 5) is 13.2. The molecular weight excluding hydrogens is 152 g/mol. The monoisotopic (exact) mass is 168 g/mol. The Morgan fingerprint density at radius 2 is 2.42 bits per heavy atom. The van der Waals surface area contributed by atoms with Gasteiger partial charge in [0.1, 0.15) is 0 Å². The lowest BCUT2D eigenvalue weighted by Crippen LogP contribution is -2.50. The summed E-state index contributed by atoms with van der Waals surface area (Å²) < 4.78 is 0. The molecular formula is C9H16N2O. The lowest BCUT2D eigenvalue weighted by Gasteiger charge is -2.31. The minimum absolute atomic E-state index is 0.130. The van der Waals surface area contributed by atoms with Gasteiger partial charge in [-0.15, -0.1) is 0 Å². The van der Waals surface area contributed by atoms with Crippen molar-refractivity contribution in [2.45, 2.75) is 19.9 Å². The topological polar surface area (TPSA) is 32.3 Å². The van der Waals surface area contributed by atoms with Gasteiger partial charge in [0, 0.05) is 25.7 Å². The van der Waals surface area contributed by atoms with Crippen molar-refractivity contribution in [3.05, 3.63) is 12.2 Å². The Kier molecular flexibility index (Phi) is 3.29. The molecule has 1 unspecified atom stereocenters. The molecule has 1 aliphatic rings. The molecule has 1 N–H and O–H groups in total. The lowest BCUT2D eigenvalue weighted by atomic mass is 10.2. The van der Waals surface area contributed by atoms with E-state index in [1.807, 2.05) is 11.8 Å². The zero-order valence-electron chi connectivity index (χ0n) is 7.71. The second-order valence-electron chi connectivity index (χ2n) is 3.14. The van der Waals surface area contributed by atoms with Crippen LogP contribution in [0.25, 0.3) is 0 Å². The third-order valence-electron chi connectivity index (χ3n) is 1.99. The first-order valence-corrected chi connectivity index (χ1v) is 4.39. The Hall–Kier alpha value is -0.830. The molecule has 1 fully saturated rings. The summed E-state index contributed by atoms with van der Waals surface area (Å²) >= 11 is 0. The molecule has 0 aliphatic carbocycles. The molecule has 1 aliphatic heterocycles. The SMILES string of the molecule is CC=CC(=O)N1CCNC(C)C1. The summed E-state index contributed by atoms with van der Waals surface area (Å²) in [5, 5.41) is 3.29. The minimum Gasteiger partial charge on any atom is -0.336 e. The molecule has 1 rings (SSSR count). The predicted molar refractivity (Wildman–Crippen MR) is 48.9 cm³/mol. The van der Waals surface area contributed by atoms with Gasteiger partial charge < -0.3 is 10.2 Å². The molecule has 1 heterocycles. The highest BCUT2D eigenvalue weighted by Crippen LogP contribution is 1.99. The smallest absolute Gasteiger partial charge is 0.246 e. The van der Waals surface area contributed by atoms with E-state index in [0.29, 0.717) is 6.04 Å². The van der Waals surface area contributed by atoms with Gasteiger partial charge in [-0.3, -0.25) is 4.79 Å². The number of amides is 1. The van der Waals surface area contributed by atoms with Crippen LogP contribution in [0.15, 0.2) is 12.2 Å². The van der Waals surface area contributed by atoms with Crippen molar-refractivity contribution in [3.63, 3.8) is 0 Å². The number of carbonyl (C=O) groups excluding carboxylic acids is 1. The number of hydrogen-bond acceptors (Lipinski definition) is 2. The van der Waals surface area contributed by atoms with Gasteiger partial charge in [-0.25, -0.2) is 0 Å². The number of nitrogens with zero attached hydrogens (tertiary/aromatic N) is 1. The van der Waals surface area contributed by atoms with E-state index in [1.165, 1.54) is 0 Å². The van der Waals surface area contributed by atoms with Gasteiger partial charge in [0.05, 0.1) is 0 Å². The second kappa shape index (κ2) is 4.26. The highest BCUT2D eigenvalue weighted by atomic mass is 16.2. The number of rotatable bonds is 1. The third kappa shape index (κ3) is 2.34. The van der Waals surface area contributed by atoms with E-state index in [0.717, 1.165) is 19.6 Å². The average Bonchev–Trinajstić information content (AvgIpc) is 2.05. The molecule has 12 heavy (non-hydrogen) atoms. The van der Waals surface area contributed by atoms with Crippen molar-refractivity contribution in [1.82, 2.24) is 10.2 Å². The number of piperazine rings is 1. The zero-order valence-corrected chi connectivity index (χ0v) is 7.71. The lowest BCUT2D eigenvalue weighted by molar-refractivity contribution is -0.127. The van der Waals surface area contributed by atoms with E-state index in [4.69, 9.17) is 0 Å². The van der Waals surface area contributed by atoms with Crippen LogP contribution in [-0.4, -0.2) is 36.5 Å². The average molecular weight is 168 g/mol. The number of carbonyl (C=O) groups is 1. The van der Waals surface area contributed by atoms with Crippen LogP contribution in [0.3, 0.4) is 0 Å². The third-order valence-corrected chi connectivity index (χ3v) is 1.99. The Morgan fingerprint density at radius 3 is 3.00 bits per heavy atom. The fourth-order valence-electron chi connectivity index (χ4n) is 1.38. The second-order valence-corrected chi connectivity index (χ2v) is 3.14. The minimum atomic E-state index is 0.130. The van der Waals surface area contributed by atoms with Crippen LogP contribution in [0.4, 0.5) is 0 Å². The number of allylic oxidation sites excluding steroid dienone is 1. The molecule has 0 bridgehead atoms. The van der Waals surface area contributed by atoms with Crippen molar-refractivity contribution in [1.29, 1.82) is 0 Å². The maximum absolute atomic E-state index is 11.4. The molecule has 1 saturated heterocycles. The quantitative estimate of drug-likeness (QED) is 0.574. The standard InChI is InChI=1S/C9H16N2O/c1-3-4-9(12)11-6-5-10-8(2)7-11/h3-4,8,10H,5-7H2,1-2H3.